The molecule has 0 bridgehead atoms. The molecular weight excluding hydrogens is 708 g/mol. The highest BCUT2D eigenvalue weighted by molar-refractivity contribution is 7.27. The molecule has 7 rings (SSSR count). The number of phenols is 9. The molecule has 54 heavy (non-hydrogen) atoms. The SMILES string of the molecule is Bc1c(O)c(O)c2c(sc3c(B)c(O)c(O)c(O)c32)c1-c1c(O)c(O)c(O)c(/C(N=C)=N/C(=N)c2ccc(-c3cccc(C4C=CC=CC4)c3)cc2)c1O. The molecule has 15 heteroatoms. The predicted molar refractivity (Wildman–Crippen MR) is 217 cm³/mol. The summed E-state index contributed by atoms with van der Waals surface area (Å²) in [5.74, 6) is -8.38. The van der Waals surface area contributed by atoms with Crippen molar-refractivity contribution in [3.63, 3.8) is 0 Å². The third kappa shape index (κ3) is 5.44. The van der Waals surface area contributed by atoms with Crippen LogP contribution in [0.3, 0.4) is 0 Å². The van der Waals surface area contributed by atoms with E-state index >= 15 is 0 Å². The van der Waals surface area contributed by atoms with E-state index < -0.39 is 68.7 Å². The van der Waals surface area contributed by atoms with Crippen LogP contribution in [0.15, 0.2) is 82.8 Å². The van der Waals surface area contributed by atoms with E-state index in [4.69, 9.17) is 5.41 Å². The second kappa shape index (κ2) is 13.3. The minimum absolute atomic E-state index is 0.0401. The first-order chi connectivity index (χ1) is 25.8. The van der Waals surface area contributed by atoms with Crippen LogP contribution >= 0.6 is 11.3 Å². The summed E-state index contributed by atoms with van der Waals surface area (Å²) in [6.45, 7) is 3.48. The van der Waals surface area contributed by atoms with Gasteiger partial charge in [0.05, 0.1) is 10.9 Å². The molecule has 0 saturated heterocycles. The number of aliphatic imine (C=N–C) groups is 2. The first-order valence-corrected chi connectivity index (χ1v) is 17.3. The molecular formula is C39H31B2N3O9S. The van der Waals surface area contributed by atoms with E-state index in [2.05, 4.69) is 41.0 Å². The van der Waals surface area contributed by atoms with Crippen LogP contribution in [0.2, 0.25) is 0 Å². The molecule has 12 nitrogen and oxygen atoms in total. The molecule has 0 fully saturated rings. The molecule has 6 aromatic rings. The third-order valence-electron chi connectivity index (χ3n) is 9.73. The van der Waals surface area contributed by atoms with Gasteiger partial charge >= 0.3 is 0 Å². The Hall–Kier alpha value is -6.86. The summed E-state index contributed by atoms with van der Waals surface area (Å²) < 4.78 is 0.223. The number of nitrogens with zero attached hydrogens (tertiary/aromatic N) is 2. The summed E-state index contributed by atoms with van der Waals surface area (Å²) in [5.41, 5.74) is 2.10. The number of thiophene rings is 1. The van der Waals surface area contributed by atoms with Crippen LogP contribution in [0.1, 0.15) is 29.0 Å². The van der Waals surface area contributed by atoms with Gasteiger partial charge in [-0.1, -0.05) is 72.8 Å². The van der Waals surface area contributed by atoms with Gasteiger partial charge in [0.2, 0.25) is 5.75 Å². The number of hydrogen-bond donors (Lipinski definition) is 10. The second-order valence-corrected chi connectivity index (χ2v) is 13.8. The molecule has 10 N–H and O–H groups in total. The second-order valence-electron chi connectivity index (χ2n) is 12.8. The number of amidine groups is 2. The van der Waals surface area contributed by atoms with Gasteiger partial charge in [0, 0.05) is 31.8 Å². The van der Waals surface area contributed by atoms with Crippen LogP contribution in [0, 0.1) is 5.41 Å². The zero-order valence-electron chi connectivity index (χ0n) is 28.7. The Kier molecular flexibility index (Phi) is 8.74. The maximum Gasteiger partial charge on any atom is 0.202 e. The zero-order chi connectivity index (χ0) is 38.7. The average molecular weight is 739 g/mol. The Morgan fingerprint density at radius 3 is 2.00 bits per heavy atom. The van der Waals surface area contributed by atoms with E-state index in [9.17, 15) is 46.0 Å². The van der Waals surface area contributed by atoms with Crippen molar-refractivity contribution in [1.29, 1.82) is 5.41 Å². The molecule has 1 heterocycles. The largest absolute Gasteiger partial charge is 0.506 e. The van der Waals surface area contributed by atoms with Crippen molar-refractivity contribution < 1.29 is 46.0 Å². The Bertz CT molecular complexity index is 2700. The van der Waals surface area contributed by atoms with E-state index in [-0.39, 0.29) is 48.4 Å². The number of aromatic hydroxyl groups is 9. The van der Waals surface area contributed by atoms with Gasteiger partial charge in [0.25, 0.3) is 0 Å². The monoisotopic (exact) mass is 739 g/mol. The number of nitrogens with one attached hydrogen (secondary N) is 1. The molecule has 0 amide bonds. The highest BCUT2D eigenvalue weighted by Gasteiger charge is 2.33. The van der Waals surface area contributed by atoms with Gasteiger partial charge in [-0.2, -0.15) is 0 Å². The number of hydrogen-bond acceptors (Lipinski definition) is 11. The summed E-state index contributed by atoms with van der Waals surface area (Å²) >= 11 is 0.872. The molecule has 0 saturated carbocycles. The Balaban J connectivity index is 1.34. The fourth-order valence-electron chi connectivity index (χ4n) is 6.81. The zero-order valence-corrected chi connectivity index (χ0v) is 29.6. The van der Waals surface area contributed by atoms with Gasteiger partial charge < -0.3 is 46.0 Å². The highest BCUT2D eigenvalue weighted by Crippen LogP contribution is 2.57. The lowest BCUT2D eigenvalue weighted by Crippen LogP contribution is -2.10. The van der Waals surface area contributed by atoms with Crippen LogP contribution < -0.4 is 10.9 Å². The van der Waals surface area contributed by atoms with Crippen molar-refractivity contribution in [3.05, 3.63) is 89.5 Å². The molecule has 5 aromatic carbocycles. The summed E-state index contributed by atoms with van der Waals surface area (Å²) in [5, 5.41) is 107. The first kappa shape index (κ1) is 35.5. The topological polar surface area (TPSA) is 231 Å². The van der Waals surface area contributed by atoms with E-state index in [1.807, 2.05) is 36.4 Å². The minimum Gasteiger partial charge on any atom is -0.506 e. The fraction of sp³-hybridized carbons (Fsp3) is 0.0513. The van der Waals surface area contributed by atoms with E-state index in [1.54, 1.807) is 12.1 Å². The minimum atomic E-state index is -1.11. The molecule has 1 aromatic heterocycles. The van der Waals surface area contributed by atoms with Crippen molar-refractivity contribution in [1.82, 2.24) is 0 Å². The maximum atomic E-state index is 11.8. The smallest absolute Gasteiger partial charge is 0.202 e. The predicted octanol–water partition coefficient (Wildman–Crippen LogP) is 4.33. The lowest BCUT2D eigenvalue weighted by Gasteiger charge is -2.19. The fourth-order valence-corrected chi connectivity index (χ4v) is 8.22. The average Bonchev–Trinajstić information content (AvgIpc) is 3.59. The molecule has 1 unspecified atom stereocenters. The van der Waals surface area contributed by atoms with Crippen molar-refractivity contribution >= 4 is 76.5 Å². The first-order valence-electron chi connectivity index (χ1n) is 16.5. The van der Waals surface area contributed by atoms with Gasteiger partial charge in [-0.05, 0) is 40.8 Å². The summed E-state index contributed by atoms with van der Waals surface area (Å²) in [6.07, 6.45) is 9.25. The lowest BCUT2D eigenvalue weighted by atomic mass is 9.82. The van der Waals surface area contributed by atoms with Crippen LogP contribution in [-0.4, -0.2) is 80.0 Å². The number of fused-ring (bicyclic) bond motifs is 3. The number of benzene rings is 5. The van der Waals surface area contributed by atoms with Crippen LogP contribution in [0.4, 0.5) is 0 Å². The summed E-state index contributed by atoms with van der Waals surface area (Å²) in [7, 11) is 2.79. The van der Waals surface area contributed by atoms with Crippen LogP contribution in [0.25, 0.3) is 42.4 Å². The molecule has 1 aliphatic carbocycles. The molecule has 0 spiro atoms. The van der Waals surface area contributed by atoms with Gasteiger partial charge in [0.1, 0.15) is 27.0 Å². The molecule has 0 aliphatic heterocycles. The number of rotatable bonds is 5. The number of phenolic OH excluding ortho intramolecular Hbond substituents is 9. The van der Waals surface area contributed by atoms with Crippen molar-refractivity contribution in [2.24, 2.45) is 9.98 Å². The molecule has 268 valence electrons. The van der Waals surface area contributed by atoms with Gasteiger partial charge in [-0.3, -0.25) is 5.41 Å². The number of allylic oxidation sites excluding steroid dienone is 4. The van der Waals surface area contributed by atoms with Crippen molar-refractivity contribution in [2.75, 3.05) is 0 Å². The van der Waals surface area contributed by atoms with Gasteiger partial charge in [0.15, 0.2) is 51.9 Å². The van der Waals surface area contributed by atoms with Crippen molar-refractivity contribution in [2.45, 2.75) is 12.3 Å². The summed E-state index contributed by atoms with van der Waals surface area (Å²) in [6, 6.07) is 15.2. The van der Waals surface area contributed by atoms with Crippen molar-refractivity contribution in [3.8, 4) is 74.0 Å². The van der Waals surface area contributed by atoms with Crippen LogP contribution in [-0.2, 0) is 0 Å². The quantitative estimate of drug-likeness (QED) is 0.0398. The molecule has 1 aliphatic rings. The molecule has 1 atom stereocenters. The van der Waals surface area contributed by atoms with Crippen LogP contribution in [0.5, 0.6) is 51.7 Å². The Labute approximate surface area is 312 Å². The maximum absolute atomic E-state index is 11.8. The van der Waals surface area contributed by atoms with Gasteiger partial charge in [-0.25, -0.2) is 9.98 Å². The van der Waals surface area contributed by atoms with E-state index in [0.29, 0.717) is 5.56 Å². The highest BCUT2D eigenvalue weighted by atomic mass is 32.1. The lowest BCUT2D eigenvalue weighted by molar-refractivity contribution is 0.362. The molecule has 0 radical (unpaired) electrons. The Morgan fingerprint density at radius 1 is 0.685 bits per heavy atom. The standard InChI is InChI=1S/C39H31B2N3O9S/c1-43-39(44-38(42)17-12-10-16(11-13-17)19-9-5-8-18(14-19)15-6-3-2-4-7-15)24-27(45)21(28(46)34(52)31(24)49)20-25(40)32(50)29(47)22-23-30(48)35(53)33(51)26(41)37(23)54-36(20)22/h2-6,8-15,42,45-53H,1,7,40-41H2/b42-38?,44-39-. The van der Waals surface area contributed by atoms with E-state index in [0.717, 1.165) is 28.9 Å². The van der Waals surface area contributed by atoms with E-state index in [1.165, 1.54) is 21.3 Å². The normalized spacial score (nSPS) is 14.2. The van der Waals surface area contributed by atoms with Gasteiger partial charge in [-0.15, -0.1) is 11.3 Å². The Morgan fingerprint density at radius 2 is 1.33 bits per heavy atom. The summed E-state index contributed by atoms with van der Waals surface area (Å²) in [4.78, 5) is 8.03. The third-order valence-corrected chi connectivity index (χ3v) is 11.1.